The summed E-state index contributed by atoms with van der Waals surface area (Å²) in [6.07, 6.45) is 0.312. The summed E-state index contributed by atoms with van der Waals surface area (Å²) < 4.78 is 39.4. The van der Waals surface area contributed by atoms with Crippen molar-refractivity contribution in [3.8, 4) is 0 Å². The summed E-state index contributed by atoms with van der Waals surface area (Å²) in [7, 11) is 1.54. The van der Waals surface area contributed by atoms with Crippen LogP contribution in [0, 0.1) is 17.8 Å². The highest BCUT2D eigenvalue weighted by molar-refractivity contribution is 5.03. The van der Waals surface area contributed by atoms with Gasteiger partial charge in [0.25, 0.3) is 0 Å². The first-order valence-corrected chi connectivity index (χ1v) is 7.10. The first-order valence-electron chi connectivity index (χ1n) is 7.10. The molecule has 104 valence electrons. The van der Waals surface area contributed by atoms with Gasteiger partial charge in [-0.1, -0.05) is 6.92 Å². The zero-order chi connectivity index (χ0) is 12.9. The molecule has 4 heteroatoms. The largest absolute Gasteiger partial charge is 0.378 e. The highest BCUT2D eigenvalue weighted by Crippen LogP contribution is 2.50. The lowest BCUT2D eigenvalue weighted by molar-refractivity contribution is -0.110. The maximum Gasteiger partial charge on any atom is 0.152 e. The number of rotatable bonds is 1. The Balaban J connectivity index is 1.78. The van der Waals surface area contributed by atoms with Crippen LogP contribution in [0.5, 0.6) is 0 Å². The highest BCUT2D eigenvalue weighted by atomic mass is 19.1. The number of alkyl halides is 2. The van der Waals surface area contributed by atoms with Crippen molar-refractivity contribution < 1.29 is 18.3 Å². The fourth-order valence-electron chi connectivity index (χ4n) is 4.16. The molecule has 0 aromatic rings. The minimum absolute atomic E-state index is 0.0442. The Morgan fingerprint density at radius 3 is 2.22 bits per heavy atom. The van der Waals surface area contributed by atoms with Gasteiger partial charge in [0, 0.05) is 7.11 Å². The Morgan fingerprint density at radius 2 is 1.56 bits per heavy atom. The van der Waals surface area contributed by atoms with E-state index >= 15 is 0 Å². The maximum absolute atomic E-state index is 14.3. The van der Waals surface area contributed by atoms with Crippen LogP contribution >= 0.6 is 0 Å². The lowest BCUT2D eigenvalue weighted by atomic mass is 9.70. The SMILES string of the molecule is COC1CCC2C3CCC(C)C(F)C3OC2C1F. The summed E-state index contributed by atoms with van der Waals surface area (Å²) in [4.78, 5) is 0. The van der Waals surface area contributed by atoms with Crippen molar-refractivity contribution >= 4 is 0 Å². The molecule has 8 unspecified atom stereocenters. The number of methoxy groups -OCH3 is 1. The van der Waals surface area contributed by atoms with Crippen molar-refractivity contribution in [1.82, 2.24) is 0 Å². The lowest BCUT2D eigenvalue weighted by Gasteiger charge is -2.36. The van der Waals surface area contributed by atoms with Crippen molar-refractivity contribution in [3.05, 3.63) is 0 Å². The fraction of sp³-hybridized carbons (Fsp3) is 1.00. The van der Waals surface area contributed by atoms with E-state index in [0.717, 1.165) is 25.7 Å². The van der Waals surface area contributed by atoms with Crippen molar-refractivity contribution in [2.24, 2.45) is 17.8 Å². The number of ether oxygens (including phenoxy) is 2. The third kappa shape index (κ3) is 1.80. The van der Waals surface area contributed by atoms with Crippen LogP contribution in [0.1, 0.15) is 32.6 Å². The predicted molar refractivity (Wildman–Crippen MR) is 63.9 cm³/mol. The van der Waals surface area contributed by atoms with E-state index in [-0.39, 0.29) is 30.0 Å². The molecule has 3 aliphatic rings. The number of halogens is 2. The number of hydrogen-bond acceptors (Lipinski definition) is 2. The zero-order valence-electron chi connectivity index (χ0n) is 11.0. The minimum Gasteiger partial charge on any atom is -0.378 e. The standard InChI is InChI=1S/C14H22F2O2/c1-7-3-4-8-9-5-6-10(17-2)12(16)14(9)18-13(8)11(7)15/h7-14H,3-6H2,1-2H3. The van der Waals surface area contributed by atoms with Gasteiger partial charge in [0.05, 0.1) is 18.3 Å². The highest BCUT2D eigenvalue weighted by Gasteiger charge is 2.56. The molecule has 0 N–H and O–H groups in total. The summed E-state index contributed by atoms with van der Waals surface area (Å²) in [6.45, 7) is 1.93. The van der Waals surface area contributed by atoms with Crippen LogP contribution in [0.3, 0.4) is 0 Å². The molecule has 0 aromatic heterocycles. The van der Waals surface area contributed by atoms with Gasteiger partial charge in [-0.3, -0.25) is 0 Å². The van der Waals surface area contributed by atoms with E-state index in [1.807, 2.05) is 6.92 Å². The molecule has 1 aliphatic heterocycles. The normalized spacial score (nSPS) is 56.0. The van der Waals surface area contributed by atoms with Gasteiger partial charge in [0.1, 0.15) is 6.17 Å². The molecule has 2 aliphatic carbocycles. The molecule has 18 heavy (non-hydrogen) atoms. The van der Waals surface area contributed by atoms with Crippen LogP contribution < -0.4 is 0 Å². The van der Waals surface area contributed by atoms with Crippen LogP contribution in [-0.2, 0) is 9.47 Å². The molecular formula is C14H22F2O2. The maximum atomic E-state index is 14.3. The Morgan fingerprint density at radius 1 is 0.944 bits per heavy atom. The van der Waals surface area contributed by atoms with Gasteiger partial charge in [-0.2, -0.15) is 0 Å². The molecule has 3 rings (SSSR count). The molecule has 1 saturated heterocycles. The minimum atomic E-state index is -1.10. The second kappa shape index (κ2) is 4.71. The second-order valence-corrected chi connectivity index (χ2v) is 6.19. The van der Waals surface area contributed by atoms with Crippen LogP contribution in [0.15, 0.2) is 0 Å². The molecule has 1 heterocycles. The summed E-state index contributed by atoms with van der Waals surface area (Å²) in [5.41, 5.74) is 0. The molecule has 2 saturated carbocycles. The monoisotopic (exact) mass is 260 g/mol. The van der Waals surface area contributed by atoms with Crippen molar-refractivity contribution in [2.75, 3.05) is 7.11 Å². The number of hydrogen-bond donors (Lipinski definition) is 0. The van der Waals surface area contributed by atoms with Gasteiger partial charge in [0.2, 0.25) is 0 Å². The molecular weight excluding hydrogens is 238 g/mol. The Kier molecular flexibility index (Phi) is 3.35. The number of fused-ring (bicyclic) bond motifs is 3. The molecule has 0 amide bonds. The lowest BCUT2D eigenvalue weighted by Crippen LogP contribution is -2.44. The van der Waals surface area contributed by atoms with Crippen molar-refractivity contribution in [3.63, 3.8) is 0 Å². The van der Waals surface area contributed by atoms with Gasteiger partial charge in [-0.15, -0.1) is 0 Å². The third-order valence-corrected chi connectivity index (χ3v) is 5.28. The summed E-state index contributed by atoms with van der Waals surface area (Å²) in [5, 5.41) is 0. The average molecular weight is 260 g/mol. The van der Waals surface area contributed by atoms with Crippen LogP contribution in [0.2, 0.25) is 0 Å². The van der Waals surface area contributed by atoms with E-state index in [4.69, 9.17) is 9.47 Å². The van der Waals surface area contributed by atoms with E-state index in [0.29, 0.717) is 0 Å². The smallest absolute Gasteiger partial charge is 0.152 e. The summed E-state index contributed by atoms with van der Waals surface area (Å²) in [5.74, 6) is 0.460. The average Bonchev–Trinajstić information content (AvgIpc) is 2.75. The first kappa shape index (κ1) is 12.8. The van der Waals surface area contributed by atoms with Crippen LogP contribution in [0.25, 0.3) is 0 Å². The third-order valence-electron chi connectivity index (χ3n) is 5.28. The van der Waals surface area contributed by atoms with E-state index < -0.39 is 18.4 Å². The van der Waals surface area contributed by atoms with Gasteiger partial charge < -0.3 is 9.47 Å². The Labute approximate surface area is 107 Å². The van der Waals surface area contributed by atoms with Crippen LogP contribution in [0.4, 0.5) is 8.78 Å². The van der Waals surface area contributed by atoms with E-state index in [1.54, 1.807) is 7.11 Å². The van der Waals surface area contributed by atoms with E-state index in [2.05, 4.69) is 0 Å². The van der Waals surface area contributed by atoms with Crippen molar-refractivity contribution in [2.45, 2.75) is 63.3 Å². The van der Waals surface area contributed by atoms with Crippen molar-refractivity contribution in [1.29, 1.82) is 0 Å². The second-order valence-electron chi connectivity index (χ2n) is 6.19. The molecule has 0 aromatic carbocycles. The van der Waals surface area contributed by atoms with E-state index in [9.17, 15) is 8.78 Å². The molecule has 3 fully saturated rings. The first-order chi connectivity index (χ1) is 8.63. The van der Waals surface area contributed by atoms with Gasteiger partial charge in [-0.05, 0) is 43.4 Å². The topological polar surface area (TPSA) is 18.5 Å². The molecule has 0 bridgehead atoms. The Bertz CT molecular complexity index is 312. The molecule has 8 atom stereocenters. The fourth-order valence-corrected chi connectivity index (χ4v) is 4.16. The Hall–Kier alpha value is -0.220. The molecule has 0 radical (unpaired) electrons. The zero-order valence-corrected chi connectivity index (χ0v) is 11.0. The van der Waals surface area contributed by atoms with Gasteiger partial charge in [0.15, 0.2) is 6.17 Å². The van der Waals surface area contributed by atoms with Crippen LogP contribution in [-0.4, -0.2) is 37.8 Å². The quantitative estimate of drug-likeness (QED) is 0.721. The van der Waals surface area contributed by atoms with Gasteiger partial charge >= 0.3 is 0 Å². The molecule has 0 spiro atoms. The summed E-state index contributed by atoms with van der Waals surface area (Å²) >= 11 is 0. The van der Waals surface area contributed by atoms with E-state index in [1.165, 1.54) is 0 Å². The molecule has 2 nitrogen and oxygen atoms in total. The summed E-state index contributed by atoms with van der Waals surface area (Å²) in [6, 6.07) is 0. The predicted octanol–water partition coefficient (Wildman–Crippen LogP) is 2.90. The van der Waals surface area contributed by atoms with Gasteiger partial charge in [-0.25, -0.2) is 8.78 Å².